The van der Waals surface area contributed by atoms with Crippen LogP contribution in [-0.4, -0.2) is 41.5 Å². The molecule has 1 aliphatic rings. The van der Waals surface area contributed by atoms with Crippen LogP contribution in [0.3, 0.4) is 0 Å². The van der Waals surface area contributed by atoms with Crippen LogP contribution in [0.2, 0.25) is 0 Å². The van der Waals surface area contributed by atoms with Gasteiger partial charge in [-0.1, -0.05) is 31.9 Å². The van der Waals surface area contributed by atoms with Crippen molar-refractivity contribution in [2.45, 2.75) is 38.4 Å². The monoisotopic (exact) mass is 333 g/mol. The maximum Gasteiger partial charge on any atom is 0.120 e. The van der Waals surface area contributed by atoms with Crippen LogP contribution in [0.15, 0.2) is 23.0 Å². The number of halogens is 1. The molecule has 6 heteroatoms. The molecule has 21 heavy (non-hydrogen) atoms. The van der Waals surface area contributed by atoms with Crippen LogP contribution < -0.4 is 10.0 Å². The third-order valence-electron chi connectivity index (χ3n) is 3.40. The van der Waals surface area contributed by atoms with Crippen molar-refractivity contribution in [2.75, 3.05) is 27.2 Å². The van der Waals surface area contributed by atoms with Crippen molar-refractivity contribution in [3.05, 3.63) is 23.0 Å². The summed E-state index contributed by atoms with van der Waals surface area (Å²) < 4.78 is 15.0. The summed E-state index contributed by atoms with van der Waals surface area (Å²) in [6.07, 6.45) is 6.89. The Hall–Kier alpha value is -0.520. The number of rotatable bonds is 10. The number of nitrogens with one attached hydrogen (secondary N) is 2. The third kappa shape index (κ3) is 7.88. The summed E-state index contributed by atoms with van der Waals surface area (Å²) in [7, 11) is 2.88. The second-order valence-electron chi connectivity index (χ2n) is 5.79. The average molecular weight is 334 g/mol. The quantitative estimate of drug-likeness (QED) is 0.604. The van der Waals surface area contributed by atoms with E-state index in [1.807, 2.05) is 13.1 Å². The van der Waals surface area contributed by atoms with Gasteiger partial charge in [0.05, 0.1) is 10.9 Å². The highest BCUT2D eigenvalue weighted by atomic mass is 35.5. The van der Waals surface area contributed by atoms with E-state index in [-0.39, 0.29) is 0 Å². The highest BCUT2D eigenvalue weighted by molar-refractivity contribution is 7.84. The smallest absolute Gasteiger partial charge is 0.120 e. The summed E-state index contributed by atoms with van der Waals surface area (Å²) in [4.78, 5) is 2.21. The van der Waals surface area contributed by atoms with Crippen molar-refractivity contribution in [1.29, 1.82) is 0 Å². The van der Waals surface area contributed by atoms with Gasteiger partial charge in [-0.25, -0.2) is 4.21 Å². The van der Waals surface area contributed by atoms with Crippen LogP contribution in [0.1, 0.15) is 33.1 Å². The number of allylic oxidation sites excluding steroid dienone is 1. The molecule has 1 rings (SSSR count). The van der Waals surface area contributed by atoms with Gasteiger partial charge in [0.2, 0.25) is 0 Å². The van der Waals surface area contributed by atoms with Gasteiger partial charge in [0.25, 0.3) is 0 Å². The van der Waals surface area contributed by atoms with Crippen LogP contribution in [0.25, 0.3) is 0 Å². The van der Waals surface area contributed by atoms with Gasteiger partial charge >= 0.3 is 0 Å². The lowest BCUT2D eigenvalue weighted by Crippen LogP contribution is -2.26. The molecule has 1 saturated carbocycles. The molecule has 0 radical (unpaired) electrons. The summed E-state index contributed by atoms with van der Waals surface area (Å²) >= 11 is 6.32. The first-order valence-electron chi connectivity index (χ1n) is 7.55. The Kier molecular flexibility index (Phi) is 8.37. The fourth-order valence-corrected chi connectivity index (χ4v) is 3.34. The predicted molar refractivity (Wildman–Crippen MR) is 92.3 cm³/mol. The van der Waals surface area contributed by atoms with Gasteiger partial charge in [-0.3, -0.25) is 0 Å². The second kappa shape index (κ2) is 9.49. The molecule has 1 fully saturated rings. The molecule has 0 amide bonds. The standard InChI is InChI=1S/C15H28ClN3OS/c1-5-12(2)10-19(4)11-13(16)8-14(9-17-3)18-21(20)15-6-7-15/h8-9,12,15,17-18H,5-7,10-11H2,1-4H3/b13-8+,14-9+. The van der Waals surface area contributed by atoms with Gasteiger partial charge < -0.3 is 14.9 Å². The second-order valence-corrected chi connectivity index (χ2v) is 7.74. The van der Waals surface area contributed by atoms with Gasteiger partial charge in [0, 0.05) is 31.4 Å². The van der Waals surface area contributed by atoms with Crippen molar-refractivity contribution >= 4 is 22.6 Å². The first-order valence-corrected chi connectivity index (χ1v) is 9.14. The van der Waals surface area contributed by atoms with Gasteiger partial charge in [-0.15, -0.1) is 0 Å². The van der Waals surface area contributed by atoms with E-state index in [0.717, 1.165) is 30.1 Å². The Morgan fingerprint density at radius 2 is 2.19 bits per heavy atom. The first-order chi connectivity index (χ1) is 9.96. The molecule has 2 atom stereocenters. The van der Waals surface area contributed by atoms with E-state index in [1.165, 1.54) is 6.42 Å². The van der Waals surface area contributed by atoms with E-state index in [9.17, 15) is 4.21 Å². The van der Waals surface area contributed by atoms with Crippen LogP contribution in [0.5, 0.6) is 0 Å². The van der Waals surface area contributed by atoms with E-state index in [2.05, 4.69) is 35.8 Å². The molecule has 4 nitrogen and oxygen atoms in total. The zero-order valence-electron chi connectivity index (χ0n) is 13.5. The Morgan fingerprint density at radius 3 is 2.71 bits per heavy atom. The summed E-state index contributed by atoms with van der Waals surface area (Å²) in [6, 6.07) is 0. The van der Waals surface area contributed by atoms with Crippen LogP contribution in [0.4, 0.5) is 0 Å². The Balaban J connectivity index is 2.53. The molecular formula is C15H28ClN3OS. The number of nitrogens with zero attached hydrogens (tertiary/aromatic N) is 1. The zero-order chi connectivity index (χ0) is 15.8. The Labute approximate surface area is 136 Å². The minimum absolute atomic E-state index is 0.297. The van der Waals surface area contributed by atoms with Crippen molar-refractivity contribution in [3.8, 4) is 0 Å². The maximum atomic E-state index is 11.9. The predicted octanol–water partition coefficient (Wildman–Crippen LogP) is 2.56. The first kappa shape index (κ1) is 18.5. The molecule has 0 aromatic rings. The Bertz CT molecular complexity index is 408. The molecule has 0 heterocycles. The lowest BCUT2D eigenvalue weighted by molar-refractivity contribution is 0.305. The van der Waals surface area contributed by atoms with E-state index in [0.29, 0.717) is 17.7 Å². The fraction of sp³-hybridized carbons (Fsp3) is 0.733. The van der Waals surface area contributed by atoms with Gasteiger partial charge in [0.15, 0.2) is 0 Å². The van der Waals surface area contributed by atoms with Gasteiger partial charge in [-0.2, -0.15) is 0 Å². The van der Waals surface area contributed by atoms with E-state index in [4.69, 9.17) is 11.6 Å². The molecule has 2 N–H and O–H groups in total. The van der Waals surface area contributed by atoms with Crippen LogP contribution >= 0.6 is 11.6 Å². The summed E-state index contributed by atoms with van der Waals surface area (Å²) in [5, 5.41) is 3.99. The summed E-state index contributed by atoms with van der Waals surface area (Å²) in [5.41, 5.74) is 0.768. The largest absolute Gasteiger partial charge is 0.392 e. The van der Waals surface area contributed by atoms with E-state index in [1.54, 1.807) is 6.20 Å². The molecule has 0 aromatic heterocycles. The molecule has 0 spiro atoms. The summed E-state index contributed by atoms with van der Waals surface area (Å²) in [6.45, 7) is 6.15. The lowest BCUT2D eigenvalue weighted by atomic mass is 10.1. The minimum atomic E-state index is -1.01. The van der Waals surface area contributed by atoms with Crippen LogP contribution in [0, 0.1) is 5.92 Å². The molecule has 0 bridgehead atoms. The molecule has 2 unspecified atom stereocenters. The third-order valence-corrected chi connectivity index (χ3v) is 5.14. The van der Waals surface area contributed by atoms with Crippen LogP contribution in [-0.2, 0) is 11.0 Å². The number of hydrogen-bond donors (Lipinski definition) is 2. The zero-order valence-corrected chi connectivity index (χ0v) is 15.1. The van der Waals surface area contributed by atoms with Crippen molar-refractivity contribution in [1.82, 2.24) is 14.9 Å². The van der Waals surface area contributed by atoms with Crippen molar-refractivity contribution in [2.24, 2.45) is 5.92 Å². The topological polar surface area (TPSA) is 44.4 Å². The van der Waals surface area contributed by atoms with Gasteiger partial charge in [0.1, 0.15) is 11.0 Å². The van der Waals surface area contributed by atoms with Crippen molar-refractivity contribution < 1.29 is 4.21 Å². The lowest BCUT2D eigenvalue weighted by Gasteiger charge is -2.20. The highest BCUT2D eigenvalue weighted by Crippen LogP contribution is 2.25. The van der Waals surface area contributed by atoms with E-state index < -0.39 is 11.0 Å². The average Bonchev–Trinajstić information content (AvgIpc) is 3.22. The maximum absolute atomic E-state index is 11.9. The Morgan fingerprint density at radius 1 is 1.52 bits per heavy atom. The molecule has 0 saturated heterocycles. The molecule has 122 valence electrons. The SMILES string of the molecule is CCC(C)CN(C)C/C(Cl)=C\C(=C/NC)NS(=O)C1CC1. The molecule has 0 aliphatic heterocycles. The number of likely N-dealkylation sites (N-methyl/N-ethyl adjacent to an activating group) is 1. The number of hydrogen-bond acceptors (Lipinski definition) is 3. The fourth-order valence-electron chi connectivity index (χ4n) is 1.94. The minimum Gasteiger partial charge on any atom is -0.392 e. The highest BCUT2D eigenvalue weighted by Gasteiger charge is 2.28. The van der Waals surface area contributed by atoms with Crippen molar-refractivity contribution in [3.63, 3.8) is 0 Å². The van der Waals surface area contributed by atoms with Gasteiger partial charge in [-0.05, 0) is 31.9 Å². The van der Waals surface area contributed by atoms with E-state index >= 15 is 0 Å². The molecule has 0 aromatic carbocycles. The summed E-state index contributed by atoms with van der Waals surface area (Å²) in [5.74, 6) is 0.660. The molecular weight excluding hydrogens is 306 g/mol. The normalized spacial score (nSPS) is 19.5. The molecule has 1 aliphatic carbocycles.